The first kappa shape index (κ1) is 12.9. The van der Waals surface area contributed by atoms with E-state index in [0.717, 1.165) is 10.4 Å². The second-order valence-electron chi connectivity index (χ2n) is 5.00. The molecule has 1 fully saturated rings. The molecule has 0 aromatic heterocycles. The first-order valence-corrected chi connectivity index (χ1v) is 7.21. The maximum atomic E-state index is 5.92. The molecule has 2 rings (SSSR count). The fraction of sp³-hybridized carbons (Fsp3) is 0.571. The summed E-state index contributed by atoms with van der Waals surface area (Å²) in [5.41, 5.74) is 8.42. The van der Waals surface area contributed by atoms with Gasteiger partial charge >= 0.3 is 0 Å². The van der Waals surface area contributed by atoms with E-state index in [2.05, 4.69) is 46.0 Å². The number of hydrogen-bond donors (Lipinski definition) is 1. The molecule has 1 heterocycles. The lowest BCUT2D eigenvalue weighted by Crippen LogP contribution is -2.19. The van der Waals surface area contributed by atoms with Crippen LogP contribution in [0, 0.1) is 5.92 Å². The van der Waals surface area contributed by atoms with Crippen molar-refractivity contribution in [3.63, 3.8) is 0 Å². The van der Waals surface area contributed by atoms with Gasteiger partial charge in [0.15, 0.2) is 0 Å². The van der Waals surface area contributed by atoms with Crippen molar-refractivity contribution in [1.29, 1.82) is 0 Å². The molecule has 0 radical (unpaired) electrons. The highest BCUT2D eigenvalue weighted by Gasteiger charge is 2.21. The topological polar surface area (TPSA) is 29.3 Å². The van der Waals surface area contributed by atoms with Gasteiger partial charge in [0, 0.05) is 29.3 Å². The molecule has 2 atom stereocenters. The molecule has 0 amide bonds. The lowest BCUT2D eigenvalue weighted by molar-refractivity contribution is 0.569. The molecule has 1 unspecified atom stereocenters. The standard InChI is InChI=1S/C14H21BrN2/c1-3-11-6-7-17(9-11)12-4-5-13(10(2)16)14(15)8-12/h4-5,8,10-11H,3,6-7,9,16H2,1-2H3/t10-,11?/m0/s1. The van der Waals surface area contributed by atoms with Gasteiger partial charge in [0.1, 0.15) is 0 Å². The van der Waals surface area contributed by atoms with Gasteiger partial charge in [0.05, 0.1) is 0 Å². The average molecular weight is 297 g/mol. The Hall–Kier alpha value is -0.540. The van der Waals surface area contributed by atoms with E-state index in [0.29, 0.717) is 0 Å². The summed E-state index contributed by atoms with van der Waals surface area (Å²) in [5, 5.41) is 0. The highest BCUT2D eigenvalue weighted by molar-refractivity contribution is 9.10. The van der Waals surface area contributed by atoms with Gasteiger partial charge in [-0.05, 0) is 37.0 Å². The molecule has 2 nitrogen and oxygen atoms in total. The zero-order valence-electron chi connectivity index (χ0n) is 10.6. The summed E-state index contributed by atoms with van der Waals surface area (Å²) in [6.45, 7) is 6.68. The first-order valence-electron chi connectivity index (χ1n) is 6.41. The number of benzene rings is 1. The van der Waals surface area contributed by atoms with E-state index < -0.39 is 0 Å². The maximum Gasteiger partial charge on any atom is 0.0377 e. The molecule has 1 aromatic rings. The number of anilines is 1. The summed E-state index contributed by atoms with van der Waals surface area (Å²) in [4.78, 5) is 2.48. The van der Waals surface area contributed by atoms with Crippen molar-refractivity contribution in [2.45, 2.75) is 32.7 Å². The van der Waals surface area contributed by atoms with Crippen LogP contribution in [0.4, 0.5) is 5.69 Å². The minimum Gasteiger partial charge on any atom is -0.371 e. The summed E-state index contributed by atoms with van der Waals surface area (Å²) in [6, 6.07) is 6.63. The quantitative estimate of drug-likeness (QED) is 0.921. The SMILES string of the molecule is CCC1CCN(c2ccc([C@H](C)N)c(Br)c2)C1. The number of rotatable bonds is 3. The van der Waals surface area contributed by atoms with E-state index >= 15 is 0 Å². The third-order valence-electron chi connectivity index (χ3n) is 3.70. The fourth-order valence-electron chi connectivity index (χ4n) is 2.48. The molecule has 94 valence electrons. The zero-order valence-corrected chi connectivity index (χ0v) is 12.2. The Bertz CT molecular complexity index is 390. The fourth-order valence-corrected chi connectivity index (χ4v) is 3.21. The molecule has 0 spiro atoms. The number of halogens is 1. The average Bonchev–Trinajstić information content (AvgIpc) is 2.76. The lowest BCUT2D eigenvalue weighted by Gasteiger charge is -2.20. The van der Waals surface area contributed by atoms with E-state index in [9.17, 15) is 0 Å². The third-order valence-corrected chi connectivity index (χ3v) is 4.39. The van der Waals surface area contributed by atoms with Crippen LogP contribution in [0.3, 0.4) is 0 Å². The van der Waals surface area contributed by atoms with Gasteiger partial charge in [-0.2, -0.15) is 0 Å². The Morgan fingerprint density at radius 2 is 2.29 bits per heavy atom. The Morgan fingerprint density at radius 3 is 2.82 bits per heavy atom. The van der Waals surface area contributed by atoms with Gasteiger partial charge in [-0.1, -0.05) is 35.3 Å². The highest BCUT2D eigenvalue weighted by Crippen LogP contribution is 2.30. The maximum absolute atomic E-state index is 5.92. The molecular formula is C14H21BrN2. The van der Waals surface area contributed by atoms with Crippen molar-refractivity contribution in [3.05, 3.63) is 28.2 Å². The van der Waals surface area contributed by atoms with Gasteiger partial charge in [-0.15, -0.1) is 0 Å². The number of nitrogens with two attached hydrogens (primary N) is 1. The normalized spacial score (nSPS) is 21.9. The van der Waals surface area contributed by atoms with Crippen LogP contribution in [-0.4, -0.2) is 13.1 Å². The Labute approximate surface area is 112 Å². The van der Waals surface area contributed by atoms with Crippen LogP contribution in [0.5, 0.6) is 0 Å². The predicted octanol–water partition coefficient (Wildman–Crippen LogP) is 3.71. The first-order chi connectivity index (χ1) is 8.11. The van der Waals surface area contributed by atoms with Crippen molar-refractivity contribution in [2.24, 2.45) is 11.7 Å². The van der Waals surface area contributed by atoms with Crippen LogP contribution < -0.4 is 10.6 Å². The van der Waals surface area contributed by atoms with E-state index in [-0.39, 0.29) is 6.04 Å². The number of hydrogen-bond acceptors (Lipinski definition) is 2. The van der Waals surface area contributed by atoms with Crippen LogP contribution in [0.15, 0.2) is 22.7 Å². The van der Waals surface area contributed by atoms with Crippen molar-refractivity contribution in [3.8, 4) is 0 Å². The molecule has 1 aromatic carbocycles. The van der Waals surface area contributed by atoms with Crippen LogP contribution in [0.2, 0.25) is 0 Å². The van der Waals surface area contributed by atoms with Gasteiger partial charge in [-0.25, -0.2) is 0 Å². The number of nitrogens with zero attached hydrogens (tertiary/aromatic N) is 1. The summed E-state index contributed by atoms with van der Waals surface area (Å²) < 4.78 is 1.13. The molecule has 1 saturated heterocycles. The van der Waals surface area contributed by atoms with Crippen LogP contribution in [0.25, 0.3) is 0 Å². The molecule has 2 N–H and O–H groups in total. The summed E-state index contributed by atoms with van der Waals surface area (Å²) in [5.74, 6) is 0.863. The second kappa shape index (κ2) is 5.40. The Kier molecular flexibility index (Phi) is 4.10. The highest BCUT2D eigenvalue weighted by atomic mass is 79.9. The van der Waals surface area contributed by atoms with Crippen LogP contribution >= 0.6 is 15.9 Å². The predicted molar refractivity (Wildman–Crippen MR) is 77.4 cm³/mol. The van der Waals surface area contributed by atoms with E-state index in [1.807, 2.05) is 6.92 Å². The van der Waals surface area contributed by atoms with Crippen LogP contribution in [-0.2, 0) is 0 Å². The van der Waals surface area contributed by atoms with Gasteiger partial charge in [0.2, 0.25) is 0 Å². The molecule has 1 aliphatic heterocycles. The summed E-state index contributed by atoms with van der Waals surface area (Å²) >= 11 is 3.62. The van der Waals surface area contributed by atoms with Crippen LogP contribution in [0.1, 0.15) is 38.3 Å². The largest absolute Gasteiger partial charge is 0.371 e. The molecule has 0 saturated carbocycles. The molecule has 17 heavy (non-hydrogen) atoms. The summed E-state index contributed by atoms with van der Waals surface area (Å²) in [7, 11) is 0. The molecule has 0 bridgehead atoms. The minimum absolute atomic E-state index is 0.0837. The van der Waals surface area contributed by atoms with Crippen molar-refractivity contribution in [2.75, 3.05) is 18.0 Å². The molecule has 3 heteroatoms. The smallest absolute Gasteiger partial charge is 0.0377 e. The van der Waals surface area contributed by atoms with E-state index in [1.165, 1.54) is 37.2 Å². The van der Waals surface area contributed by atoms with Gasteiger partial charge < -0.3 is 10.6 Å². The zero-order chi connectivity index (χ0) is 12.4. The Morgan fingerprint density at radius 1 is 1.53 bits per heavy atom. The molecular weight excluding hydrogens is 276 g/mol. The molecule has 1 aliphatic rings. The lowest BCUT2D eigenvalue weighted by atomic mass is 10.1. The third kappa shape index (κ3) is 2.83. The van der Waals surface area contributed by atoms with E-state index in [4.69, 9.17) is 5.73 Å². The van der Waals surface area contributed by atoms with E-state index in [1.54, 1.807) is 0 Å². The second-order valence-corrected chi connectivity index (χ2v) is 5.86. The molecule has 0 aliphatic carbocycles. The van der Waals surface area contributed by atoms with Gasteiger partial charge in [-0.3, -0.25) is 0 Å². The monoisotopic (exact) mass is 296 g/mol. The summed E-state index contributed by atoms with van der Waals surface area (Å²) in [6.07, 6.45) is 2.61. The van der Waals surface area contributed by atoms with Crippen molar-refractivity contribution < 1.29 is 0 Å². The van der Waals surface area contributed by atoms with Crippen molar-refractivity contribution in [1.82, 2.24) is 0 Å². The minimum atomic E-state index is 0.0837. The van der Waals surface area contributed by atoms with Crippen molar-refractivity contribution >= 4 is 21.6 Å². The van der Waals surface area contributed by atoms with Gasteiger partial charge in [0.25, 0.3) is 0 Å². The Balaban J connectivity index is 2.15.